The third-order valence-corrected chi connectivity index (χ3v) is 4.09. The summed E-state index contributed by atoms with van der Waals surface area (Å²) in [6, 6.07) is 3.75. The molecule has 114 valence electrons. The van der Waals surface area contributed by atoms with Crippen LogP contribution >= 0.6 is 0 Å². The highest BCUT2D eigenvalue weighted by Crippen LogP contribution is 2.19. The standard InChI is InChI=1S/C14H21N5O2/c1-18-6-4-12(14(18)20)19-7-8-21-11(10-19)9-15-13-3-2-5-16-17-13/h2-3,5,11-12H,4,6-10H2,1H3,(H,15,17)/t11-,12+/m0/s1. The van der Waals surface area contributed by atoms with Gasteiger partial charge in [0, 0.05) is 39.4 Å². The number of likely N-dealkylation sites (tertiary alicyclic amines) is 1. The molecule has 0 radical (unpaired) electrons. The number of ether oxygens (including phenoxy) is 1. The minimum atomic E-state index is 0.0258. The largest absolute Gasteiger partial charge is 0.374 e. The van der Waals surface area contributed by atoms with Crippen LogP contribution in [0.2, 0.25) is 0 Å². The summed E-state index contributed by atoms with van der Waals surface area (Å²) in [5.74, 6) is 0.979. The van der Waals surface area contributed by atoms with Gasteiger partial charge in [0.05, 0.1) is 18.8 Å². The summed E-state index contributed by atoms with van der Waals surface area (Å²) in [5, 5.41) is 11.0. The predicted molar refractivity (Wildman–Crippen MR) is 77.9 cm³/mol. The van der Waals surface area contributed by atoms with E-state index in [1.54, 1.807) is 6.20 Å². The first-order chi connectivity index (χ1) is 10.2. The van der Waals surface area contributed by atoms with Crippen LogP contribution in [0.15, 0.2) is 18.3 Å². The number of morpholine rings is 1. The van der Waals surface area contributed by atoms with Gasteiger partial charge in [0.25, 0.3) is 0 Å². The highest BCUT2D eigenvalue weighted by Gasteiger charge is 2.36. The Bertz CT molecular complexity index is 484. The van der Waals surface area contributed by atoms with Crippen LogP contribution in [0.1, 0.15) is 6.42 Å². The summed E-state index contributed by atoms with van der Waals surface area (Å²) in [7, 11) is 1.87. The van der Waals surface area contributed by atoms with Crippen molar-refractivity contribution in [1.29, 1.82) is 0 Å². The molecule has 3 rings (SSSR count). The molecule has 0 aromatic carbocycles. The highest BCUT2D eigenvalue weighted by molar-refractivity contribution is 5.83. The zero-order chi connectivity index (χ0) is 14.7. The molecule has 7 nitrogen and oxygen atoms in total. The maximum absolute atomic E-state index is 12.1. The third kappa shape index (κ3) is 3.30. The summed E-state index contributed by atoms with van der Waals surface area (Å²) in [5.41, 5.74) is 0. The smallest absolute Gasteiger partial charge is 0.239 e. The van der Waals surface area contributed by atoms with Gasteiger partial charge in [-0.3, -0.25) is 9.69 Å². The van der Waals surface area contributed by atoms with E-state index in [0.29, 0.717) is 13.2 Å². The summed E-state index contributed by atoms with van der Waals surface area (Å²) >= 11 is 0. The number of carbonyl (C=O) groups excluding carboxylic acids is 1. The number of nitrogens with zero attached hydrogens (tertiary/aromatic N) is 4. The molecule has 0 bridgehead atoms. The molecule has 7 heteroatoms. The lowest BCUT2D eigenvalue weighted by atomic mass is 10.1. The highest BCUT2D eigenvalue weighted by atomic mass is 16.5. The van der Waals surface area contributed by atoms with Gasteiger partial charge in [-0.1, -0.05) is 0 Å². The van der Waals surface area contributed by atoms with Gasteiger partial charge in [-0.05, 0) is 18.6 Å². The molecule has 1 aromatic heterocycles. The SMILES string of the molecule is CN1CC[C@@H](N2CCO[C@@H](CNc3cccnn3)C2)C1=O. The van der Waals surface area contributed by atoms with Gasteiger partial charge in [0.1, 0.15) is 5.82 Å². The maximum Gasteiger partial charge on any atom is 0.239 e. The lowest BCUT2D eigenvalue weighted by molar-refractivity contribution is -0.133. The molecule has 2 aliphatic rings. The molecule has 2 saturated heterocycles. The normalized spacial score (nSPS) is 27.1. The van der Waals surface area contributed by atoms with Crippen LogP contribution in [-0.4, -0.2) is 77.9 Å². The second kappa shape index (κ2) is 6.36. The Balaban J connectivity index is 1.53. The van der Waals surface area contributed by atoms with Gasteiger partial charge in [-0.25, -0.2) is 0 Å². The molecule has 0 aliphatic carbocycles. The number of aromatic nitrogens is 2. The molecular weight excluding hydrogens is 270 g/mol. The number of likely N-dealkylation sites (N-methyl/N-ethyl adjacent to an activating group) is 1. The maximum atomic E-state index is 12.1. The van der Waals surface area contributed by atoms with E-state index in [-0.39, 0.29) is 18.1 Å². The van der Waals surface area contributed by atoms with Crippen LogP contribution in [0, 0.1) is 0 Å². The van der Waals surface area contributed by atoms with Gasteiger partial charge >= 0.3 is 0 Å². The second-order valence-corrected chi connectivity index (χ2v) is 5.54. The third-order valence-electron chi connectivity index (χ3n) is 4.09. The van der Waals surface area contributed by atoms with Crippen LogP contribution < -0.4 is 5.32 Å². The van der Waals surface area contributed by atoms with Crippen LogP contribution in [0.4, 0.5) is 5.82 Å². The molecule has 21 heavy (non-hydrogen) atoms. The van der Waals surface area contributed by atoms with Gasteiger partial charge in [0.15, 0.2) is 0 Å². The van der Waals surface area contributed by atoms with Crippen molar-refractivity contribution in [2.75, 3.05) is 45.2 Å². The van der Waals surface area contributed by atoms with Crippen molar-refractivity contribution in [2.45, 2.75) is 18.6 Å². The molecule has 1 N–H and O–H groups in total. The lowest BCUT2D eigenvalue weighted by Crippen LogP contribution is -2.51. The first-order valence-electron chi connectivity index (χ1n) is 7.36. The van der Waals surface area contributed by atoms with Crippen molar-refractivity contribution in [1.82, 2.24) is 20.0 Å². The number of carbonyl (C=O) groups is 1. The Morgan fingerprint density at radius 3 is 3.10 bits per heavy atom. The fourth-order valence-electron chi connectivity index (χ4n) is 2.91. The Labute approximate surface area is 124 Å². The molecule has 1 amide bonds. The Morgan fingerprint density at radius 2 is 2.38 bits per heavy atom. The van der Waals surface area contributed by atoms with Gasteiger partial charge < -0.3 is 15.0 Å². The monoisotopic (exact) mass is 291 g/mol. The van der Waals surface area contributed by atoms with Crippen LogP contribution in [0.25, 0.3) is 0 Å². The Morgan fingerprint density at radius 1 is 1.48 bits per heavy atom. The van der Waals surface area contributed by atoms with Crippen molar-refractivity contribution >= 4 is 11.7 Å². The number of hydrogen-bond donors (Lipinski definition) is 1. The number of rotatable bonds is 4. The van der Waals surface area contributed by atoms with E-state index in [2.05, 4.69) is 20.4 Å². The number of hydrogen-bond acceptors (Lipinski definition) is 6. The van der Waals surface area contributed by atoms with Gasteiger partial charge in [0.2, 0.25) is 5.91 Å². The van der Waals surface area contributed by atoms with E-state index in [9.17, 15) is 4.79 Å². The van der Waals surface area contributed by atoms with Crippen LogP contribution in [0.3, 0.4) is 0 Å². The predicted octanol–water partition coefficient (Wildman–Crippen LogP) is -0.180. The van der Waals surface area contributed by atoms with E-state index in [0.717, 1.165) is 31.9 Å². The molecule has 3 heterocycles. The van der Waals surface area contributed by atoms with Crippen molar-refractivity contribution < 1.29 is 9.53 Å². The quantitative estimate of drug-likeness (QED) is 0.830. The topological polar surface area (TPSA) is 70.6 Å². The molecule has 2 fully saturated rings. The van der Waals surface area contributed by atoms with E-state index >= 15 is 0 Å². The summed E-state index contributed by atoms with van der Waals surface area (Å²) in [4.78, 5) is 16.2. The minimum absolute atomic E-state index is 0.0258. The van der Waals surface area contributed by atoms with E-state index < -0.39 is 0 Å². The molecule has 0 unspecified atom stereocenters. The van der Waals surface area contributed by atoms with Crippen molar-refractivity contribution in [3.63, 3.8) is 0 Å². The molecule has 2 aliphatic heterocycles. The number of amides is 1. The first kappa shape index (κ1) is 14.2. The van der Waals surface area contributed by atoms with E-state index in [1.165, 1.54) is 0 Å². The van der Waals surface area contributed by atoms with E-state index in [4.69, 9.17) is 4.74 Å². The molecular formula is C14H21N5O2. The van der Waals surface area contributed by atoms with Crippen molar-refractivity contribution in [3.8, 4) is 0 Å². The zero-order valence-electron chi connectivity index (χ0n) is 12.2. The average Bonchev–Trinajstić information content (AvgIpc) is 2.86. The van der Waals surface area contributed by atoms with Crippen LogP contribution in [-0.2, 0) is 9.53 Å². The summed E-state index contributed by atoms with van der Waals surface area (Å²) < 4.78 is 5.77. The molecule has 2 atom stereocenters. The number of nitrogens with one attached hydrogen (secondary N) is 1. The van der Waals surface area contributed by atoms with Gasteiger partial charge in [-0.2, -0.15) is 5.10 Å². The average molecular weight is 291 g/mol. The Hall–Kier alpha value is -1.73. The van der Waals surface area contributed by atoms with Crippen LogP contribution in [0.5, 0.6) is 0 Å². The van der Waals surface area contributed by atoms with E-state index in [1.807, 2.05) is 24.1 Å². The summed E-state index contributed by atoms with van der Waals surface area (Å²) in [6.45, 7) is 3.79. The Kier molecular flexibility index (Phi) is 4.31. The molecule has 1 aromatic rings. The second-order valence-electron chi connectivity index (χ2n) is 5.54. The van der Waals surface area contributed by atoms with Gasteiger partial charge in [-0.15, -0.1) is 5.10 Å². The minimum Gasteiger partial charge on any atom is -0.374 e. The van der Waals surface area contributed by atoms with Crippen molar-refractivity contribution in [2.24, 2.45) is 0 Å². The number of anilines is 1. The van der Waals surface area contributed by atoms with Crippen molar-refractivity contribution in [3.05, 3.63) is 18.3 Å². The molecule has 0 spiro atoms. The molecule has 0 saturated carbocycles. The zero-order valence-corrected chi connectivity index (χ0v) is 12.2. The lowest BCUT2D eigenvalue weighted by Gasteiger charge is -2.35. The first-order valence-corrected chi connectivity index (χ1v) is 7.36. The fourth-order valence-corrected chi connectivity index (χ4v) is 2.91. The summed E-state index contributed by atoms with van der Waals surface area (Å²) in [6.07, 6.45) is 2.63. The fraction of sp³-hybridized carbons (Fsp3) is 0.643.